The molecule has 2 heteroatoms. The lowest BCUT2D eigenvalue weighted by Crippen LogP contribution is -2.31. The third-order valence-corrected chi connectivity index (χ3v) is 3.82. The Balaban J connectivity index is 2.63. The van der Waals surface area contributed by atoms with Crippen LogP contribution >= 0.6 is 0 Å². The number of nitriles is 2. The van der Waals surface area contributed by atoms with Gasteiger partial charge in [-0.15, -0.1) is 0 Å². The fourth-order valence-corrected chi connectivity index (χ4v) is 2.52. The van der Waals surface area contributed by atoms with Crippen LogP contribution in [0, 0.1) is 39.4 Å². The molecule has 0 spiro atoms. The first-order valence-electron chi connectivity index (χ1n) is 5.72. The van der Waals surface area contributed by atoms with Crippen LogP contribution in [0.25, 0.3) is 0 Å². The zero-order valence-electron chi connectivity index (χ0n) is 10.0. The van der Waals surface area contributed by atoms with Gasteiger partial charge in [-0.1, -0.05) is 20.8 Å². The second-order valence-corrected chi connectivity index (χ2v) is 5.87. The Morgan fingerprint density at radius 3 is 2.07 bits per heavy atom. The van der Waals surface area contributed by atoms with Gasteiger partial charge in [0.25, 0.3) is 0 Å². The van der Waals surface area contributed by atoms with Crippen molar-refractivity contribution in [3.63, 3.8) is 0 Å². The molecule has 0 saturated heterocycles. The highest BCUT2D eigenvalue weighted by Gasteiger charge is 2.38. The molecule has 1 fully saturated rings. The van der Waals surface area contributed by atoms with Crippen molar-refractivity contribution in [3.05, 3.63) is 0 Å². The van der Waals surface area contributed by atoms with E-state index in [0.717, 1.165) is 25.7 Å². The molecule has 0 bridgehead atoms. The summed E-state index contributed by atoms with van der Waals surface area (Å²) in [5, 5.41) is 17.9. The highest BCUT2D eigenvalue weighted by molar-refractivity contribution is 5.06. The van der Waals surface area contributed by atoms with Gasteiger partial charge in [-0.25, -0.2) is 0 Å². The third kappa shape index (κ3) is 2.72. The first-order valence-corrected chi connectivity index (χ1v) is 5.72. The third-order valence-electron chi connectivity index (χ3n) is 3.82. The number of rotatable bonds is 1. The number of hydrogen-bond donors (Lipinski definition) is 0. The van der Waals surface area contributed by atoms with E-state index in [2.05, 4.69) is 32.9 Å². The van der Waals surface area contributed by atoms with Crippen LogP contribution in [0.15, 0.2) is 0 Å². The second-order valence-electron chi connectivity index (χ2n) is 5.87. The molecule has 0 aromatic rings. The summed E-state index contributed by atoms with van der Waals surface area (Å²) >= 11 is 0. The molecule has 1 aliphatic rings. The SMILES string of the molecule is CC(C)(C)C1CCC(C#N)(CC#N)CC1. The summed E-state index contributed by atoms with van der Waals surface area (Å²) in [4.78, 5) is 0. The molecule has 0 aromatic carbocycles. The Bertz CT molecular complexity index is 290. The summed E-state index contributed by atoms with van der Waals surface area (Å²) in [6, 6.07) is 4.53. The van der Waals surface area contributed by atoms with Gasteiger partial charge >= 0.3 is 0 Å². The van der Waals surface area contributed by atoms with Gasteiger partial charge < -0.3 is 0 Å². The first kappa shape index (κ1) is 12.1. The number of hydrogen-bond acceptors (Lipinski definition) is 2. The zero-order chi connectivity index (χ0) is 11.5. The molecule has 0 N–H and O–H groups in total. The zero-order valence-corrected chi connectivity index (χ0v) is 10.0. The predicted molar refractivity (Wildman–Crippen MR) is 59.7 cm³/mol. The Morgan fingerprint density at radius 1 is 1.20 bits per heavy atom. The molecule has 0 heterocycles. The maximum Gasteiger partial charge on any atom is 0.0704 e. The highest BCUT2D eigenvalue weighted by atomic mass is 14.4. The fourth-order valence-electron chi connectivity index (χ4n) is 2.52. The quantitative estimate of drug-likeness (QED) is 0.654. The minimum Gasteiger partial charge on any atom is -0.198 e. The lowest BCUT2D eigenvalue weighted by atomic mass is 9.64. The van der Waals surface area contributed by atoms with Crippen molar-refractivity contribution in [2.75, 3.05) is 0 Å². The van der Waals surface area contributed by atoms with Crippen LogP contribution in [-0.4, -0.2) is 0 Å². The fraction of sp³-hybridized carbons (Fsp3) is 0.846. The van der Waals surface area contributed by atoms with Crippen LogP contribution in [0.3, 0.4) is 0 Å². The van der Waals surface area contributed by atoms with Crippen LogP contribution in [0.2, 0.25) is 0 Å². The number of nitrogens with zero attached hydrogens (tertiary/aromatic N) is 2. The van der Waals surface area contributed by atoms with E-state index in [9.17, 15) is 0 Å². The van der Waals surface area contributed by atoms with Crippen LogP contribution in [0.1, 0.15) is 52.9 Å². The topological polar surface area (TPSA) is 47.6 Å². The van der Waals surface area contributed by atoms with Crippen molar-refractivity contribution < 1.29 is 0 Å². The van der Waals surface area contributed by atoms with E-state index in [1.807, 2.05) is 0 Å². The van der Waals surface area contributed by atoms with E-state index in [1.54, 1.807) is 0 Å². The summed E-state index contributed by atoms with van der Waals surface area (Å²) in [6.45, 7) is 6.80. The average molecular weight is 204 g/mol. The van der Waals surface area contributed by atoms with Gasteiger partial charge in [0.15, 0.2) is 0 Å². The molecule has 1 saturated carbocycles. The molecule has 0 aliphatic heterocycles. The van der Waals surface area contributed by atoms with E-state index in [0.29, 0.717) is 17.8 Å². The largest absolute Gasteiger partial charge is 0.198 e. The molecule has 15 heavy (non-hydrogen) atoms. The van der Waals surface area contributed by atoms with Gasteiger partial charge in [0, 0.05) is 0 Å². The summed E-state index contributed by atoms with van der Waals surface area (Å²) in [7, 11) is 0. The Kier molecular flexibility index (Phi) is 3.40. The van der Waals surface area contributed by atoms with Gasteiger partial charge in [-0.3, -0.25) is 0 Å². The average Bonchev–Trinajstić information content (AvgIpc) is 2.17. The molecule has 0 amide bonds. The molecule has 0 radical (unpaired) electrons. The maximum atomic E-state index is 9.16. The van der Waals surface area contributed by atoms with Gasteiger partial charge in [-0.05, 0) is 37.0 Å². The maximum absolute atomic E-state index is 9.16. The van der Waals surface area contributed by atoms with Gasteiger partial charge in [-0.2, -0.15) is 10.5 Å². The molecule has 0 unspecified atom stereocenters. The van der Waals surface area contributed by atoms with E-state index in [1.165, 1.54) is 0 Å². The van der Waals surface area contributed by atoms with Crippen LogP contribution in [0.5, 0.6) is 0 Å². The Morgan fingerprint density at radius 2 is 1.73 bits per heavy atom. The van der Waals surface area contributed by atoms with Crippen LogP contribution < -0.4 is 0 Å². The summed E-state index contributed by atoms with van der Waals surface area (Å²) in [6.07, 6.45) is 4.40. The second kappa shape index (κ2) is 4.23. The van der Waals surface area contributed by atoms with E-state index in [-0.39, 0.29) is 5.41 Å². The minimum absolute atomic E-state index is 0.337. The lowest BCUT2D eigenvalue weighted by Gasteiger charge is -2.39. The molecule has 1 aliphatic carbocycles. The standard InChI is InChI=1S/C13H20N2/c1-12(2,3)11-4-6-13(10-15,7-5-11)8-9-14/h11H,4-8H2,1-3H3. The van der Waals surface area contributed by atoms with Crippen molar-refractivity contribution in [2.45, 2.75) is 52.9 Å². The molecule has 0 aromatic heterocycles. The molecular weight excluding hydrogens is 184 g/mol. The van der Waals surface area contributed by atoms with Crippen LogP contribution in [-0.2, 0) is 0 Å². The van der Waals surface area contributed by atoms with E-state index in [4.69, 9.17) is 10.5 Å². The van der Waals surface area contributed by atoms with Gasteiger partial charge in [0.2, 0.25) is 0 Å². The van der Waals surface area contributed by atoms with Crippen molar-refractivity contribution >= 4 is 0 Å². The van der Waals surface area contributed by atoms with Crippen molar-refractivity contribution in [2.24, 2.45) is 16.7 Å². The first-order chi connectivity index (χ1) is 6.93. The van der Waals surface area contributed by atoms with E-state index >= 15 is 0 Å². The predicted octanol–water partition coefficient (Wildman–Crippen LogP) is 3.65. The Labute approximate surface area is 92.9 Å². The Hall–Kier alpha value is -1.02. The van der Waals surface area contributed by atoms with Crippen molar-refractivity contribution in [3.8, 4) is 12.1 Å². The van der Waals surface area contributed by atoms with Gasteiger partial charge in [0.1, 0.15) is 0 Å². The summed E-state index contributed by atoms with van der Waals surface area (Å²) in [5.74, 6) is 0.706. The monoisotopic (exact) mass is 204 g/mol. The normalized spacial score (nSPS) is 31.7. The molecule has 0 atom stereocenters. The molecular formula is C13H20N2. The highest BCUT2D eigenvalue weighted by Crippen LogP contribution is 2.46. The molecule has 1 rings (SSSR count). The molecule has 82 valence electrons. The van der Waals surface area contributed by atoms with Crippen LogP contribution in [0.4, 0.5) is 0 Å². The lowest BCUT2D eigenvalue weighted by molar-refractivity contribution is 0.123. The minimum atomic E-state index is -0.337. The smallest absolute Gasteiger partial charge is 0.0704 e. The summed E-state index contributed by atoms with van der Waals surface area (Å²) in [5.41, 5.74) is 0.00472. The van der Waals surface area contributed by atoms with Gasteiger partial charge in [0.05, 0.1) is 24.0 Å². The molecule has 2 nitrogen and oxygen atoms in total. The van der Waals surface area contributed by atoms with Crippen molar-refractivity contribution in [1.82, 2.24) is 0 Å². The van der Waals surface area contributed by atoms with E-state index < -0.39 is 0 Å². The summed E-state index contributed by atoms with van der Waals surface area (Å²) < 4.78 is 0. The van der Waals surface area contributed by atoms with Crippen molar-refractivity contribution in [1.29, 1.82) is 10.5 Å².